The molecule has 0 saturated heterocycles. The Morgan fingerprint density at radius 2 is 2.07 bits per heavy atom. The molecule has 0 unspecified atom stereocenters. The zero-order chi connectivity index (χ0) is 20.1. The molecular weight excluding hydrogens is 424 g/mol. The van der Waals surface area contributed by atoms with E-state index in [1.54, 1.807) is 0 Å². The molecule has 3 rings (SSSR count). The minimum absolute atomic E-state index is 0.0586. The van der Waals surface area contributed by atoms with E-state index in [4.69, 9.17) is 5.73 Å². The molecule has 1 saturated carbocycles. The predicted octanol–water partition coefficient (Wildman–Crippen LogP) is 3.42. The van der Waals surface area contributed by atoms with E-state index in [1.807, 2.05) is 25.1 Å². The summed E-state index contributed by atoms with van der Waals surface area (Å²) in [5.74, 6) is 1.23. The Bertz CT molecular complexity index is 839. The third-order valence-electron chi connectivity index (χ3n) is 5.28. The summed E-state index contributed by atoms with van der Waals surface area (Å²) in [5.41, 5.74) is 8.16. The van der Waals surface area contributed by atoms with Gasteiger partial charge in [-0.1, -0.05) is 28.1 Å². The van der Waals surface area contributed by atoms with Crippen molar-refractivity contribution in [2.75, 3.05) is 17.2 Å². The maximum absolute atomic E-state index is 11.4. The average molecular weight is 450 g/mol. The fraction of sp³-hybridized carbons (Fsp3) is 0.474. The Labute approximate surface area is 172 Å². The van der Waals surface area contributed by atoms with Gasteiger partial charge in [0.1, 0.15) is 6.20 Å². The minimum atomic E-state index is -0.426. The van der Waals surface area contributed by atoms with Crippen molar-refractivity contribution in [2.24, 2.45) is 11.7 Å². The molecule has 5 N–H and O–H groups in total. The quantitative estimate of drug-likeness (QED) is 0.439. The van der Waals surface area contributed by atoms with Crippen molar-refractivity contribution in [1.29, 1.82) is 0 Å². The summed E-state index contributed by atoms with van der Waals surface area (Å²) >= 11 is 3.53. The van der Waals surface area contributed by atoms with Gasteiger partial charge in [0.15, 0.2) is 0 Å². The molecule has 1 aromatic carbocycles. The number of nitrogens with two attached hydrogens (primary N) is 1. The third-order valence-corrected chi connectivity index (χ3v) is 6.14. The number of nitrogens with one attached hydrogen (secondary N) is 3. The molecule has 9 heteroatoms. The molecule has 0 spiro atoms. The summed E-state index contributed by atoms with van der Waals surface area (Å²) < 4.78 is 1.04. The van der Waals surface area contributed by atoms with Crippen LogP contribution in [0.3, 0.4) is 0 Å². The van der Waals surface area contributed by atoms with Crippen LogP contribution in [0.1, 0.15) is 36.8 Å². The van der Waals surface area contributed by atoms with Gasteiger partial charge in [-0.2, -0.15) is 0 Å². The Hall–Kier alpha value is -2.26. The number of benzene rings is 1. The van der Waals surface area contributed by atoms with E-state index in [1.165, 1.54) is 6.20 Å². The van der Waals surface area contributed by atoms with Gasteiger partial charge in [0.05, 0.1) is 11.5 Å². The lowest BCUT2D eigenvalue weighted by Gasteiger charge is -2.25. The van der Waals surface area contributed by atoms with Crippen LogP contribution in [0.25, 0.3) is 0 Å². The summed E-state index contributed by atoms with van der Waals surface area (Å²) in [6.07, 6.45) is 5.46. The van der Waals surface area contributed by atoms with E-state index in [0.717, 1.165) is 41.3 Å². The topological polar surface area (TPSA) is 120 Å². The number of rotatable bonds is 7. The first-order chi connectivity index (χ1) is 13.4. The predicted molar refractivity (Wildman–Crippen MR) is 112 cm³/mol. The molecular formula is C19H26BrN6O2+. The zero-order valence-electron chi connectivity index (χ0n) is 15.9. The molecule has 0 amide bonds. The Kier molecular flexibility index (Phi) is 6.79. The van der Waals surface area contributed by atoms with Crippen LogP contribution in [-0.4, -0.2) is 22.5 Å². The fourth-order valence-electron chi connectivity index (χ4n) is 3.42. The number of H-pyrrole nitrogens is 1. The number of aromatic nitrogens is 2. The molecule has 1 aliphatic carbocycles. The average Bonchev–Trinajstić information content (AvgIpc) is 2.68. The molecule has 1 aliphatic rings. The maximum Gasteiger partial charge on any atom is 0.392 e. The molecule has 0 atom stereocenters. The van der Waals surface area contributed by atoms with Crippen LogP contribution in [-0.2, 0) is 6.54 Å². The maximum atomic E-state index is 11.4. The van der Waals surface area contributed by atoms with E-state index < -0.39 is 4.92 Å². The Morgan fingerprint density at radius 1 is 1.32 bits per heavy atom. The van der Waals surface area contributed by atoms with Crippen molar-refractivity contribution in [2.45, 2.75) is 45.2 Å². The highest BCUT2D eigenvalue weighted by Crippen LogP contribution is 2.26. The molecule has 1 heterocycles. The lowest BCUT2D eigenvalue weighted by atomic mass is 9.86. The first kappa shape index (κ1) is 20.5. The van der Waals surface area contributed by atoms with E-state index >= 15 is 0 Å². The molecule has 150 valence electrons. The smallest absolute Gasteiger partial charge is 0.350 e. The van der Waals surface area contributed by atoms with Crippen molar-refractivity contribution in [1.82, 2.24) is 4.98 Å². The SMILES string of the molecule is Cc1c(Br)cccc1CNc1nc(NCC2CCC(N)CC2)c([N+](=O)[O-])c[nH+]1. The molecule has 28 heavy (non-hydrogen) atoms. The van der Waals surface area contributed by atoms with Crippen LogP contribution in [0, 0.1) is 23.0 Å². The van der Waals surface area contributed by atoms with Crippen LogP contribution in [0.4, 0.5) is 17.5 Å². The van der Waals surface area contributed by atoms with Crippen molar-refractivity contribution >= 4 is 33.4 Å². The summed E-state index contributed by atoms with van der Waals surface area (Å²) in [6, 6.07) is 6.29. The number of aromatic amines is 1. The van der Waals surface area contributed by atoms with Gasteiger partial charge in [-0.15, -0.1) is 0 Å². The monoisotopic (exact) mass is 449 g/mol. The number of halogens is 1. The number of anilines is 2. The number of nitrogens with zero attached hydrogens (tertiary/aromatic N) is 2. The van der Waals surface area contributed by atoms with Gasteiger partial charge in [0.2, 0.25) is 0 Å². The van der Waals surface area contributed by atoms with E-state index in [-0.39, 0.29) is 17.5 Å². The minimum Gasteiger partial charge on any atom is -0.350 e. The third kappa shape index (κ3) is 5.17. The van der Waals surface area contributed by atoms with Gasteiger partial charge < -0.3 is 11.1 Å². The fourth-order valence-corrected chi connectivity index (χ4v) is 3.83. The number of hydrogen-bond donors (Lipinski definition) is 3. The van der Waals surface area contributed by atoms with Crippen LogP contribution in [0.15, 0.2) is 28.9 Å². The van der Waals surface area contributed by atoms with Crippen molar-refractivity contribution in [3.8, 4) is 0 Å². The van der Waals surface area contributed by atoms with Crippen molar-refractivity contribution in [3.05, 3.63) is 50.1 Å². The molecule has 1 aromatic heterocycles. The van der Waals surface area contributed by atoms with Gasteiger partial charge in [-0.05, 0) is 60.7 Å². The largest absolute Gasteiger partial charge is 0.392 e. The van der Waals surface area contributed by atoms with Gasteiger partial charge in [-0.25, -0.2) is 4.98 Å². The van der Waals surface area contributed by atoms with Crippen molar-refractivity contribution in [3.63, 3.8) is 0 Å². The van der Waals surface area contributed by atoms with E-state index in [9.17, 15) is 10.1 Å². The summed E-state index contributed by atoms with van der Waals surface area (Å²) in [5, 5.41) is 17.7. The molecule has 2 aromatic rings. The standard InChI is InChI=1S/C19H25BrN6O2/c1-12-14(3-2-4-16(12)20)10-23-19-24-11-17(26(27)28)18(25-19)22-9-13-5-7-15(21)8-6-13/h2-4,11,13,15H,5-10,21H2,1H3,(H2,22,23,24,25)/p+1. The second-order valence-corrected chi connectivity index (χ2v) is 8.13. The summed E-state index contributed by atoms with van der Waals surface area (Å²) in [4.78, 5) is 18.2. The molecule has 0 bridgehead atoms. The van der Waals surface area contributed by atoms with E-state index in [0.29, 0.717) is 25.0 Å². The van der Waals surface area contributed by atoms with Gasteiger partial charge in [-0.3, -0.25) is 15.4 Å². The highest BCUT2D eigenvalue weighted by molar-refractivity contribution is 9.10. The molecule has 1 fully saturated rings. The van der Waals surface area contributed by atoms with E-state index in [2.05, 4.69) is 36.5 Å². The van der Waals surface area contributed by atoms with Crippen LogP contribution < -0.4 is 21.4 Å². The second-order valence-electron chi connectivity index (χ2n) is 7.28. The van der Waals surface area contributed by atoms with Gasteiger partial charge in [0.25, 0.3) is 5.82 Å². The first-order valence-corrected chi connectivity index (χ1v) is 10.3. The van der Waals surface area contributed by atoms with Gasteiger partial charge >= 0.3 is 11.6 Å². The van der Waals surface area contributed by atoms with Gasteiger partial charge in [0, 0.05) is 17.1 Å². The molecule has 8 nitrogen and oxygen atoms in total. The summed E-state index contributed by atoms with van der Waals surface area (Å²) in [6.45, 7) is 3.26. The zero-order valence-corrected chi connectivity index (χ0v) is 17.5. The Morgan fingerprint density at radius 3 is 2.79 bits per heavy atom. The molecule has 0 radical (unpaired) electrons. The molecule has 0 aliphatic heterocycles. The lowest BCUT2D eigenvalue weighted by molar-refractivity contribution is -0.414. The number of nitro groups is 1. The summed E-state index contributed by atoms with van der Waals surface area (Å²) in [7, 11) is 0. The second kappa shape index (κ2) is 9.29. The first-order valence-electron chi connectivity index (χ1n) is 9.48. The normalized spacial score (nSPS) is 19.2. The lowest BCUT2D eigenvalue weighted by Crippen LogP contribution is -2.29. The highest BCUT2D eigenvalue weighted by Gasteiger charge is 2.25. The van der Waals surface area contributed by atoms with Crippen LogP contribution in [0.5, 0.6) is 0 Å². The number of hydrogen-bond acceptors (Lipinski definition) is 6. The van der Waals surface area contributed by atoms with Crippen LogP contribution >= 0.6 is 15.9 Å². The van der Waals surface area contributed by atoms with Crippen molar-refractivity contribution < 1.29 is 9.91 Å². The van der Waals surface area contributed by atoms with Crippen LogP contribution in [0.2, 0.25) is 0 Å². The highest BCUT2D eigenvalue weighted by atomic mass is 79.9. The Balaban J connectivity index is 1.68.